The van der Waals surface area contributed by atoms with E-state index in [4.69, 9.17) is 12.2 Å². The summed E-state index contributed by atoms with van der Waals surface area (Å²) in [5.41, 5.74) is 0.494. The molecule has 5 nitrogen and oxygen atoms in total. The average molecular weight is 349 g/mol. The van der Waals surface area contributed by atoms with E-state index in [0.29, 0.717) is 17.0 Å². The van der Waals surface area contributed by atoms with Gasteiger partial charge in [0, 0.05) is 18.0 Å². The zero-order valence-electron chi connectivity index (χ0n) is 12.0. The third kappa shape index (κ3) is 3.40. The predicted octanol–water partition coefficient (Wildman–Crippen LogP) is 3.90. The van der Waals surface area contributed by atoms with Crippen LogP contribution in [0.1, 0.15) is 11.1 Å². The van der Waals surface area contributed by atoms with E-state index in [1.807, 2.05) is 0 Å². The van der Waals surface area contributed by atoms with Gasteiger partial charge in [0.1, 0.15) is 0 Å². The van der Waals surface area contributed by atoms with Crippen LogP contribution in [0.2, 0.25) is 0 Å². The molecule has 0 fully saturated rings. The molecule has 0 radical (unpaired) electrons. The summed E-state index contributed by atoms with van der Waals surface area (Å²) in [6.45, 7) is 0. The highest BCUT2D eigenvalue weighted by Crippen LogP contribution is 2.28. The molecule has 9 heteroatoms. The topological polar surface area (TPSA) is 58.9 Å². The number of alkyl halides is 3. The number of rotatable bonds is 3. The molecular formula is C15H10F3N5S. The Morgan fingerprint density at radius 3 is 2.54 bits per heavy atom. The van der Waals surface area contributed by atoms with Crippen LogP contribution >= 0.6 is 12.2 Å². The van der Waals surface area contributed by atoms with Gasteiger partial charge in [-0.15, -0.1) is 0 Å². The minimum Gasteiger partial charge on any atom is -0.264 e. The zero-order valence-corrected chi connectivity index (χ0v) is 12.8. The van der Waals surface area contributed by atoms with Gasteiger partial charge >= 0.3 is 6.18 Å². The molecule has 0 spiro atoms. The van der Waals surface area contributed by atoms with Gasteiger partial charge in [0.25, 0.3) is 0 Å². The van der Waals surface area contributed by atoms with Crippen molar-refractivity contribution in [2.75, 3.05) is 0 Å². The molecular weight excluding hydrogens is 339 g/mol. The first-order valence-corrected chi connectivity index (χ1v) is 7.15. The standard InChI is InChI=1S/C15H10F3N5S/c16-15(17,18)12-5-3-10(4-6-12)8-20-23-13(21-22-14(23)24)11-2-1-7-19-9-11/h1-9H,(H,22,24)/b20-8-. The Hall–Kier alpha value is -2.81. The zero-order chi connectivity index (χ0) is 17.2. The molecule has 3 rings (SSSR count). The summed E-state index contributed by atoms with van der Waals surface area (Å²) >= 11 is 5.12. The second-order valence-corrected chi connectivity index (χ2v) is 5.16. The van der Waals surface area contributed by atoms with Gasteiger partial charge in [0.2, 0.25) is 4.77 Å². The first kappa shape index (κ1) is 16.1. The van der Waals surface area contributed by atoms with E-state index in [9.17, 15) is 13.2 Å². The molecule has 24 heavy (non-hydrogen) atoms. The number of nitrogens with zero attached hydrogens (tertiary/aromatic N) is 4. The van der Waals surface area contributed by atoms with Crippen LogP contribution in [0.5, 0.6) is 0 Å². The summed E-state index contributed by atoms with van der Waals surface area (Å²) in [7, 11) is 0. The highest BCUT2D eigenvalue weighted by Gasteiger charge is 2.29. The molecule has 0 atom stereocenters. The van der Waals surface area contributed by atoms with Gasteiger partial charge in [-0.3, -0.25) is 4.98 Å². The fourth-order valence-corrected chi connectivity index (χ4v) is 2.14. The van der Waals surface area contributed by atoms with Crippen molar-refractivity contribution < 1.29 is 13.2 Å². The minimum absolute atomic E-state index is 0.261. The fraction of sp³-hybridized carbons (Fsp3) is 0.0667. The van der Waals surface area contributed by atoms with Crippen molar-refractivity contribution in [3.8, 4) is 11.4 Å². The van der Waals surface area contributed by atoms with Crippen molar-refractivity contribution in [3.63, 3.8) is 0 Å². The molecule has 0 aliphatic heterocycles. The molecule has 0 unspecified atom stereocenters. The van der Waals surface area contributed by atoms with Crippen LogP contribution in [-0.2, 0) is 6.18 Å². The summed E-state index contributed by atoms with van der Waals surface area (Å²) in [6, 6.07) is 8.20. The summed E-state index contributed by atoms with van der Waals surface area (Å²) in [4.78, 5) is 4.00. The second-order valence-electron chi connectivity index (χ2n) is 4.77. The number of hydrogen-bond acceptors (Lipinski definition) is 4. The normalized spacial score (nSPS) is 12.0. The highest BCUT2D eigenvalue weighted by atomic mass is 32.1. The Balaban J connectivity index is 1.91. The lowest BCUT2D eigenvalue weighted by Gasteiger charge is -2.05. The second kappa shape index (κ2) is 6.36. The summed E-state index contributed by atoms with van der Waals surface area (Å²) in [5, 5.41) is 10.9. The van der Waals surface area contributed by atoms with Gasteiger partial charge in [0.05, 0.1) is 11.8 Å². The molecule has 1 N–H and O–H groups in total. The smallest absolute Gasteiger partial charge is 0.264 e. The maximum atomic E-state index is 12.6. The largest absolute Gasteiger partial charge is 0.416 e. The van der Waals surface area contributed by atoms with Gasteiger partial charge in [-0.25, -0.2) is 5.10 Å². The van der Waals surface area contributed by atoms with Crippen LogP contribution in [0.15, 0.2) is 53.9 Å². The lowest BCUT2D eigenvalue weighted by atomic mass is 10.1. The van der Waals surface area contributed by atoms with Gasteiger partial charge in [0.15, 0.2) is 5.82 Å². The van der Waals surface area contributed by atoms with E-state index in [0.717, 1.165) is 12.1 Å². The number of halogens is 3. The molecule has 0 bridgehead atoms. The van der Waals surface area contributed by atoms with E-state index < -0.39 is 11.7 Å². The average Bonchev–Trinajstić information content (AvgIpc) is 2.94. The van der Waals surface area contributed by atoms with Gasteiger partial charge < -0.3 is 0 Å². The maximum absolute atomic E-state index is 12.6. The Morgan fingerprint density at radius 2 is 1.92 bits per heavy atom. The SMILES string of the molecule is FC(F)(F)c1ccc(/C=N\n2c(-c3cccnc3)n[nH]c2=S)cc1. The van der Waals surface area contributed by atoms with Crippen molar-refractivity contribution in [2.45, 2.75) is 6.18 Å². The third-order valence-corrected chi connectivity index (χ3v) is 3.39. The molecule has 122 valence electrons. The van der Waals surface area contributed by atoms with Crippen molar-refractivity contribution in [1.29, 1.82) is 0 Å². The van der Waals surface area contributed by atoms with Gasteiger partial charge in [-0.2, -0.15) is 28.0 Å². The van der Waals surface area contributed by atoms with Gasteiger partial charge in [-0.1, -0.05) is 12.1 Å². The lowest BCUT2D eigenvalue weighted by molar-refractivity contribution is -0.137. The Kier molecular flexibility index (Phi) is 4.26. The first-order valence-electron chi connectivity index (χ1n) is 6.74. The van der Waals surface area contributed by atoms with Crippen molar-refractivity contribution in [1.82, 2.24) is 19.9 Å². The van der Waals surface area contributed by atoms with Crippen LogP contribution in [0, 0.1) is 4.77 Å². The third-order valence-electron chi connectivity index (χ3n) is 3.13. The van der Waals surface area contributed by atoms with Crippen molar-refractivity contribution in [3.05, 3.63) is 64.7 Å². The van der Waals surface area contributed by atoms with Crippen LogP contribution < -0.4 is 0 Å². The highest BCUT2D eigenvalue weighted by molar-refractivity contribution is 7.71. The summed E-state index contributed by atoms with van der Waals surface area (Å²) in [5.74, 6) is 0.455. The van der Waals surface area contributed by atoms with E-state index in [-0.39, 0.29) is 4.77 Å². The molecule has 3 aromatic rings. The number of pyridine rings is 1. The fourth-order valence-electron chi connectivity index (χ4n) is 1.96. The van der Waals surface area contributed by atoms with E-state index in [2.05, 4.69) is 20.3 Å². The quantitative estimate of drug-likeness (QED) is 0.576. The van der Waals surface area contributed by atoms with Crippen molar-refractivity contribution in [2.24, 2.45) is 5.10 Å². The molecule has 2 aromatic heterocycles. The molecule has 0 saturated heterocycles. The summed E-state index contributed by atoms with van der Waals surface area (Å²) < 4.78 is 39.3. The molecule has 2 heterocycles. The van der Waals surface area contributed by atoms with E-state index in [1.54, 1.807) is 24.5 Å². The molecule has 0 saturated carbocycles. The number of aromatic nitrogens is 4. The van der Waals surface area contributed by atoms with Crippen LogP contribution in [-0.4, -0.2) is 26.1 Å². The molecule has 0 aliphatic rings. The van der Waals surface area contributed by atoms with E-state index in [1.165, 1.54) is 23.0 Å². The molecule has 0 aliphatic carbocycles. The van der Waals surface area contributed by atoms with Crippen molar-refractivity contribution >= 4 is 18.4 Å². The maximum Gasteiger partial charge on any atom is 0.416 e. The number of nitrogens with one attached hydrogen (secondary N) is 1. The lowest BCUT2D eigenvalue weighted by Crippen LogP contribution is -2.04. The first-order chi connectivity index (χ1) is 11.4. The Morgan fingerprint density at radius 1 is 1.17 bits per heavy atom. The predicted molar refractivity (Wildman–Crippen MR) is 85.1 cm³/mol. The monoisotopic (exact) mass is 349 g/mol. The number of hydrogen-bond donors (Lipinski definition) is 1. The number of aromatic amines is 1. The molecule has 1 aromatic carbocycles. The van der Waals surface area contributed by atoms with Gasteiger partial charge in [-0.05, 0) is 42.0 Å². The van der Waals surface area contributed by atoms with E-state index >= 15 is 0 Å². The Labute approximate surface area is 139 Å². The summed E-state index contributed by atoms with van der Waals surface area (Å²) in [6.07, 6.45) is 0.275. The Bertz CT molecular complexity index is 911. The van der Waals surface area contributed by atoms with Crippen LogP contribution in [0.25, 0.3) is 11.4 Å². The minimum atomic E-state index is -4.36. The number of benzene rings is 1. The number of H-pyrrole nitrogens is 1. The van der Waals surface area contributed by atoms with Crippen LogP contribution in [0.3, 0.4) is 0 Å². The molecule has 0 amide bonds. The van der Waals surface area contributed by atoms with Crippen LogP contribution in [0.4, 0.5) is 13.2 Å².